The maximum atomic E-state index is 13.2. The Kier molecular flexibility index (Phi) is 4.38. The van der Waals surface area contributed by atoms with E-state index in [9.17, 15) is 9.59 Å². The molecule has 1 saturated heterocycles. The van der Waals surface area contributed by atoms with E-state index in [1.54, 1.807) is 13.0 Å². The van der Waals surface area contributed by atoms with Crippen LogP contribution in [-0.4, -0.2) is 48.6 Å². The fourth-order valence-corrected chi connectivity index (χ4v) is 3.98. The van der Waals surface area contributed by atoms with Gasteiger partial charge in [-0.05, 0) is 43.2 Å². The zero-order valence-electron chi connectivity index (χ0n) is 15.8. The van der Waals surface area contributed by atoms with Gasteiger partial charge in [0.2, 0.25) is 0 Å². The number of fused-ring (bicyclic) bond motifs is 1. The summed E-state index contributed by atoms with van der Waals surface area (Å²) in [4.78, 5) is 29.6. The van der Waals surface area contributed by atoms with Crippen LogP contribution in [0, 0.1) is 6.92 Å². The van der Waals surface area contributed by atoms with Crippen molar-refractivity contribution in [3.05, 3.63) is 65.2 Å². The van der Waals surface area contributed by atoms with Crippen LogP contribution in [0.2, 0.25) is 0 Å². The summed E-state index contributed by atoms with van der Waals surface area (Å²) in [6.07, 6.45) is 0.422. The molecular formula is C22H24N2O3. The van der Waals surface area contributed by atoms with Crippen LogP contribution in [-0.2, 0) is 16.0 Å². The number of hydrogen-bond donors (Lipinski definition) is 0. The van der Waals surface area contributed by atoms with Crippen molar-refractivity contribution in [3.63, 3.8) is 0 Å². The van der Waals surface area contributed by atoms with Crippen LogP contribution in [0.15, 0.2) is 48.5 Å². The predicted molar refractivity (Wildman–Crippen MR) is 104 cm³/mol. The number of aryl methyl sites for hydroxylation is 1. The number of anilines is 1. The van der Waals surface area contributed by atoms with Crippen LogP contribution in [0.4, 0.5) is 5.69 Å². The molecule has 27 heavy (non-hydrogen) atoms. The summed E-state index contributed by atoms with van der Waals surface area (Å²) in [6, 6.07) is 15.8. The highest BCUT2D eigenvalue weighted by Gasteiger charge is 2.45. The smallest absolute Gasteiger partial charge is 0.339 e. The van der Waals surface area contributed by atoms with E-state index >= 15 is 0 Å². The van der Waals surface area contributed by atoms with Crippen LogP contribution in [0.1, 0.15) is 28.4 Å². The molecule has 5 nitrogen and oxygen atoms in total. The molecule has 0 radical (unpaired) electrons. The van der Waals surface area contributed by atoms with E-state index < -0.39 is 11.6 Å². The molecule has 2 aromatic carbocycles. The molecule has 1 amide bonds. The molecule has 1 atom stereocenters. The molecule has 0 bridgehead atoms. The molecule has 2 heterocycles. The predicted octanol–water partition coefficient (Wildman–Crippen LogP) is 2.82. The van der Waals surface area contributed by atoms with Gasteiger partial charge in [-0.2, -0.15) is 0 Å². The van der Waals surface area contributed by atoms with E-state index in [0.29, 0.717) is 25.1 Å². The highest BCUT2D eigenvalue weighted by atomic mass is 16.6. The first-order valence-electron chi connectivity index (χ1n) is 9.38. The third kappa shape index (κ3) is 3.29. The van der Waals surface area contributed by atoms with Gasteiger partial charge >= 0.3 is 5.97 Å². The number of amides is 1. The topological polar surface area (TPSA) is 49.9 Å². The second-order valence-electron chi connectivity index (χ2n) is 7.57. The molecule has 0 spiro atoms. The Morgan fingerprint density at radius 2 is 1.78 bits per heavy atom. The summed E-state index contributed by atoms with van der Waals surface area (Å²) in [5, 5.41) is 0. The number of esters is 1. The summed E-state index contributed by atoms with van der Waals surface area (Å²) in [7, 11) is 0. The molecule has 2 aliphatic rings. The molecule has 0 saturated carbocycles. The Balaban J connectivity index is 1.46. The Bertz CT molecular complexity index is 887. The van der Waals surface area contributed by atoms with Crippen molar-refractivity contribution in [2.24, 2.45) is 0 Å². The maximum absolute atomic E-state index is 13.2. The van der Waals surface area contributed by atoms with E-state index in [1.807, 2.05) is 23.1 Å². The highest BCUT2D eigenvalue weighted by molar-refractivity contribution is 5.97. The van der Waals surface area contributed by atoms with Crippen LogP contribution >= 0.6 is 0 Å². The molecule has 4 rings (SSSR count). The van der Waals surface area contributed by atoms with Gasteiger partial charge in [0.05, 0.1) is 5.56 Å². The summed E-state index contributed by atoms with van der Waals surface area (Å²) >= 11 is 0. The largest absolute Gasteiger partial charge is 0.445 e. The number of rotatable bonds is 2. The zero-order chi connectivity index (χ0) is 19.0. The van der Waals surface area contributed by atoms with Gasteiger partial charge in [-0.25, -0.2) is 4.79 Å². The number of nitrogens with zero attached hydrogens (tertiary/aromatic N) is 2. The molecule has 2 aromatic rings. The Labute approximate surface area is 159 Å². The molecule has 140 valence electrons. The van der Waals surface area contributed by atoms with E-state index in [1.165, 1.54) is 11.3 Å². The number of cyclic esters (lactones) is 1. The fourth-order valence-electron chi connectivity index (χ4n) is 3.98. The van der Waals surface area contributed by atoms with Gasteiger partial charge in [-0.3, -0.25) is 4.79 Å². The molecule has 1 unspecified atom stereocenters. The lowest BCUT2D eigenvalue weighted by atomic mass is 9.88. The van der Waals surface area contributed by atoms with Gasteiger partial charge in [0.25, 0.3) is 5.91 Å². The first kappa shape index (κ1) is 17.6. The third-order valence-corrected chi connectivity index (χ3v) is 5.47. The Hall–Kier alpha value is -2.82. The van der Waals surface area contributed by atoms with Gasteiger partial charge in [0, 0.05) is 38.3 Å². The quantitative estimate of drug-likeness (QED) is 0.769. The van der Waals surface area contributed by atoms with Crippen LogP contribution < -0.4 is 4.90 Å². The van der Waals surface area contributed by atoms with Gasteiger partial charge in [0.1, 0.15) is 0 Å². The fraction of sp³-hybridized carbons (Fsp3) is 0.364. The number of carbonyl (C=O) groups excluding carboxylic acids is 2. The van der Waals surface area contributed by atoms with Gasteiger partial charge < -0.3 is 14.5 Å². The minimum absolute atomic E-state index is 0.103. The van der Waals surface area contributed by atoms with Crippen molar-refractivity contribution in [2.45, 2.75) is 25.9 Å². The van der Waals surface area contributed by atoms with Gasteiger partial charge in [0.15, 0.2) is 5.60 Å². The summed E-state index contributed by atoms with van der Waals surface area (Å²) < 4.78 is 5.60. The van der Waals surface area contributed by atoms with Gasteiger partial charge in [-0.15, -0.1) is 0 Å². The molecule has 2 aliphatic heterocycles. The normalized spacial score (nSPS) is 22.2. The molecule has 0 aromatic heterocycles. The van der Waals surface area contributed by atoms with Crippen molar-refractivity contribution in [3.8, 4) is 0 Å². The second kappa shape index (κ2) is 6.72. The number of ether oxygens (including phenoxy) is 1. The standard InChI is InChI=1S/C22H24N2O3/c1-16-6-5-8-18(14-16)23-10-12-24(13-11-23)21(26)22(2)15-17-7-3-4-9-19(17)20(25)27-22/h3-9,14H,10-13,15H2,1-2H3. The molecule has 1 fully saturated rings. The number of hydrogen-bond acceptors (Lipinski definition) is 4. The molecular weight excluding hydrogens is 340 g/mol. The zero-order valence-corrected chi connectivity index (χ0v) is 15.8. The van der Waals surface area contributed by atoms with Crippen LogP contribution in [0.25, 0.3) is 0 Å². The molecule has 0 aliphatic carbocycles. The van der Waals surface area contributed by atoms with E-state index in [4.69, 9.17) is 4.74 Å². The lowest BCUT2D eigenvalue weighted by molar-refractivity contribution is -0.151. The summed E-state index contributed by atoms with van der Waals surface area (Å²) in [5.74, 6) is -0.514. The minimum Gasteiger partial charge on any atom is -0.445 e. The lowest BCUT2D eigenvalue weighted by Gasteiger charge is -2.41. The van der Waals surface area contributed by atoms with E-state index in [-0.39, 0.29) is 5.91 Å². The van der Waals surface area contributed by atoms with Crippen LogP contribution in [0.5, 0.6) is 0 Å². The number of piperazine rings is 1. The summed E-state index contributed by atoms with van der Waals surface area (Å²) in [6.45, 7) is 6.62. The van der Waals surface area contributed by atoms with Crippen molar-refractivity contribution in [1.82, 2.24) is 4.90 Å². The summed E-state index contributed by atoms with van der Waals surface area (Å²) in [5.41, 5.74) is 2.73. The molecule has 5 heteroatoms. The second-order valence-corrected chi connectivity index (χ2v) is 7.57. The van der Waals surface area contributed by atoms with Crippen LogP contribution in [0.3, 0.4) is 0 Å². The average Bonchev–Trinajstić information content (AvgIpc) is 2.67. The Morgan fingerprint density at radius 3 is 2.52 bits per heavy atom. The first-order valence-corrected chi connectivity index (χ1v) is 9.38. The van der Waals surface area contributed by atoms with Crippen molar-refractivity contribution >= 4 is 17.6 Å². The SMILES string of the molecule is Cc1cccc(N2CCN(C(=O)C3(C)Cc4ccccc4C(=O)O3)CC2)c1. The minimum atomic E-state index is -1.13. The highest BCUT2D eigenvalue weighted by Crippen LogP contribution is 2.30. The van der Waals surface area contributed by atoms with Crippen molar-refractivity contribution in [1.29, 1.82) is 0 Å². The van der Waals surface area contributed by atoms with Crippen molar-refractivity contribution < 1.29 is 14.3 Å². The number of benzene rings is 2. The van der Waals surface area contributed by atoms with E-state index in [2.05, 4.69) is 36.1 Å². The van der Waals surface area contributed by atoms with E-state index in [0.717, 1.165) is 18.7 Å². The monoisotopic (exact) mass is 364 g/mol. The van der Waals surface area contributed by atoms with Crippen molar-refractivity contribution in [2.75, 3.05) is 31.1 Å². The Morgan fingerprint density at radius 1 is 1.04 bits per heavy atom. The van der Waals surface area contributed by atoms with Gasteiger partial charge in [-0.1, -0.05) is 30.3 Å². The number of carbonyl (C=O) groups is 2. The average molecular weight is 364 g/mol. The molecule has 0 N–H and O–H groups in total. The lowest BCUT2D eigenvalue weighted by Crippen LogP contribution is -2.58. The first-order chi connectivity index (χ1) is 13.0. The third-order valence-electron chi connectivity index (χ3n) is 5.47. The maximum Gasteiger partial charge on any atom is 0.339 e.